The third kappa shape index (κ3) is 4.74. The predicted molar refractivity (Wildman–Crippen MR) is 77.8 cm³/mol. The maximum atomic E-state index is 12.2. The lowest BCUT2D eigenvalue weighted by Crippen LogP contribution is -2.41. The van der Waals surface area contributed by atoms with Crippen LogP contribution in [0.4, 0.5) is 4.79 Å². The molecule has 0 atom stereocenters. The summed E-state index contributed by atoms with van der Waals surface area (Å²) in [5.41, 5.74) is 0.860. The lowest BCUT2D eigenvalue weighted by Gasteiger charge is -2.27. The highest BCUT2D eigenvalue weighted by Crippen LogP contribution is 2.17. The van der Waals surface area contributed by atoms with E-state index in [4.69, 9.17) is 16.7 Å². The largest absolute Gasteiger partial charge is 0.481 e. The minimum atomic E-state index is -0.912. The summed E-state index contributed by atoms with van der Waals surface area (Å²) in [5.74, 6) is -0.912. The van der Waals surface area contributed by atoms with E-state index in [1.54, 1.807) is 13.1 Å². The van der Waals surface area contributed by atoms with Gasteiger partial charge in [0.1, 0.15) is 0 Å². The molecule has 0 aliphatic rings. The second-order valence-electron chi connectivity index (χ2n) is 4.45. The molecule has 1 rings (SSSR count). The summed E-state index contributed by atoms with van der Waals surface area (Å²) in [6.07, 6.45) is -0.0560. The number of benzene rings is 1. The van der Waals surface area contributed by atoms with Crippen molar-refractivity contribution < 1.29 is 14.7 Å². The first-order valence-corrected chi connectivity index (χ1v) is 6.78. The number of aliphatic carboxylic acids is 1. The highest BCUT2D eigenvalue weighted by molar-refractivity contribution is 6.31. The molecule has 20 heavy (non-hydrogen) atoms. The zero-order valence-electron chi connectivity index (χ0n) is 11.7. The van der Waals surface area contributed by atoms with E-state index in [1.165, 1.54) is 9.80 Å². The number of hydrogen-bond acceptors (Lipinski definition) is 2. The van der Waals surface area contributed by atoms with Crippen LogP contribution < -0.4 is 0 Å². The highest BCUT2D eigenvalue weighted by atomic mass is 35.5. The number of amides is 2. The van der Waals surface area contributed by atoms with Crippen LogP contribution in [0.25, 0.3) is 0 Å². The first kappa shape index (κ1) is 16.3. The molecule has 0 aromatic heterocycles. The van der Waals surface area contributed by atoms with Crippen molar-refractivity contribution >= 4 is 23.6 Å². The van der Waals surface area contributed by atoms with E-state index in [9.17, 15) is 9.59 Å². The summed E-state index contributed by atoms with van der Waals surface area (Å²) in [5, 5.41) is 9.29. The monoisotopic (exact) mass is 298 g/mol. The summed E-state index contributed by atoms with van der Waals surface area (Å²) in [6.45, 7) is 2.89. The van der Waals surface area contributed by atoms with Crippen LogP contribution in [0, 0.1) is 0 Å². The van der Waals surface area contributed by atoms with Crippen molar-refractivity contribution in [1.82, 2.24) is 9.80 Å². The Morgan fingerprint density at radius 3 is 2.50 bits per heavy atom. The fraction of sp³-hybridized carbons (Fsp3) is 0.429. The molecule has 0 fully saturated rings. The molecular weight excluding hydrogens is 280 g/mol. The first-order valence-electron chi connectivity index (χ1n) is 6.41. The van der Waals surface area contributed by atoms with Crippen molar-refractivity contribution in [1.29, 1.82) is 0 Å². The number of carbonyl (C=O) groups is 2. The van der Waals surface area contributed by atoms with Crippen molar-refractivity contribution in [3.63, 3.8) is 0 Å². The minimum absolute atomic E-state index is 0.0560. The average Bonchev–Trinajstić information content (AvgIpc) is 2.41. The van der Waals surface area contributed by atoms with Gasteiger partial charge in [-0.3, -0.25) is 4.79 Å². The zero-order chi connectivity index (χ0) is 15.1. The number of carbonyl (C=O) groups excluding carboxylic acids is 1. The third-order valence-corrected chi connectivity index (χ3v) is 3.31. The van der Waals surface area contributed by atoms with Gasteiger partial charge in [-0.25, -0.2) is 4.79 Å². The van der Waals surface area contributed by atoms with Gasteiger partial charge in [0.25, 0.3) is 0 Å². The summed E-state index contributed by atoms with van der Waals surface area (Å²) in [7, 11) is 1.68. The first-order chi connectivity index (χ1) is 9.45. The maximum absolute atomic E-state index is 12.2. The molecule has 0 saturated heterocycles. The van der Waals surface area contributed by atoms with E-state index in [0.29, 0.717) is 18.1 Å². The second kappa shape index (κ2) is 7.75. The Labute approximate surface area is 123 Å². The number of nitrogens with zero attached hydrogens (tertiary/aromatic N) is 2. The van der Waals surface area contributed by atoms with Gasteiger partial charge in [0.15, 0.2) is 0 Å². The number of halogens is 1. The van der Waals surface area contributed by atoms with Gasteiger partial charge in [-0.2, -0.15) is 0 Å². The van der Waals surface area contributed by atoms with Crippen molar-refractivity contribution in [3.8, 4) is 0 Å². The fourth-order valence-corrected chi connectivity index (χ4v) is 2.01. The van der Waals surface area contributed by atoms with Crippen LogP contribution in [0.15, 0.2) is 24.3 Å². The molecule has 6 heteroatoms. The predicted octanol–water partition coefficient (Wildman–Crippen LogP) is 2.69. The van der Waals surface area contributed by atoms with Crippen molar-refractivity contribution in [2.45, 2.75) is 19.9 Å². The molecule has 0 saturated carbocycles. The Balaban J connectivity index is 2.65. The molecule has 110 valence electrons. The molecule has 0 heterocycles. The molecule has 0 aliphatic carbocycles. The highest BCUT2D eigenvalue weighted by Gasteiger charge is 2.18. The molecule has 2 amide bonds. The van der Waals surface area contributed by atoms with Crippen LogP contribution in [0.3, 0.4) is 0 Å². The second-order valence-corrected chi connectivity index (χ2v) is 4.86. The van der Waals surface area contributed by atoms with E-state index < -0.39 is 5.97 Å². The van der Waals surface area contributed by atoms with E-state index in [-0.39, 0.29) is 19.0 Å². The fourth-order valence-electron chi connectivity index (χ4n) is 1.81. The summed E-state index contributed by atoms with van der Waals surface area (Å²) >= 11 is 6.06. The topological polar surface area (TPSA) is 60.9 Å². The smallest absolute Gasteiger partial charge is 0.320 e. The van der Waals surface area contributed by atoms with Crippen LogP contribution in [-0.4, -0.2) is 47.0 Å². The lowest BCUT2D eigenvalue weighted by molar-refractivity contribution is -0.137. The standard InChI is InChI=1S/C14H19ClN2O3/c1-3-17(9-8-13(18)19)14(20)16(2)10-11-6-4-5-7-12(11)15/h4-7H,3,8-10H2,1-2H3,(H,18,19). The number of carboxylic acids is 1. The minimum Gasteiger partial charge on any atom is -0.481 e. The normalized spacial score (nSPS) is 10.2. The quantitative estimate of drug-likeness (QED) is 0.878. The van der Waals surface area contributed by atoms with E-state index >= 15 is 0 Å². The Morgan fingerprint density at radius 2 is 1.95 bits per heavy atom. The van der Waals surface area contributed by atoms with Gasteiger partial charge < -0.3 is 14.9 Å². The van der Waals surface area contributed by atoms with Gasteiger partial charge in [-0.05, 0) is 18.6 Å². The summed E-state index contributed by atoms with van der Waals surface area (Å²) in [4.78, 5) is 25.8. The Morgan fingerprint density at radius 1 is 1.30 bits per heavy atom. The van der Waals surface area contributed by atoms with Gasteiger partial charge in [0.05, 0.1) is 6.42 Å². The van der Waals surface area contributed by atoms with Crippen molar-refractivity contribution in [2.24, 2.45) is 0 Å². The van der Waals surface area contributed by atoms with Crippen molar-refractivity contribution in [2.75, 3.05) is 20.1 Å². The van der Waals surface area contributed by atoms with E-state index in [2.05, 4.69) is 0 Å². The summed E-state index contributed by atoms with van der Waals surface area (Å²) < 4.78 is 0. The molecule has 1 aromatic carbocycles. The zero-order valence-corrected chi connectivity index (χ0v) is 12.4. The maximum Gasteiger partial charge on any atom is 0.320 e. The molecule has 1 aromatic rings. The van der Waals surface area contributed by atoms with Crippen LogP contribution in [0.1, 0.15) is 18.9 Å². The Kier molecular flexibility index (Phi) is 6.31. The van der Waals surface area contributed by atoms with E-state index in [1.807, 2.05) is 25.1 Å². The lowest BCUT2D eigenvalue weighted by atomic mass is 10.2. The van der Waals surface area contributed by atoms with Gasteiger partial charge in [-0.1, -0.05) is 29.8 Å². The molecule has 0 bridgehead atoms. The molecule has 0 aliphatic heterocycles. The Bertz CT molecular complexity index is 479. The molecule has 0 unspecified atom stereocenters. The Hall–Kier alpha value is -1.75. The van der Waals surface area contributed by atoms with Gasteiger partial charge in [0, 0.05) is 31.7 Å². The molecular formula is C14H19ClN2O3. The van der Waals surface area contributed by atoms with Crippen LogP contribution >= 0.6 is 11.6 Å². The van der Waals surface area contributed by atoms with Crippen molar-refractivity contribution in [3.05, 3.63) is 34.9 Å². The van der Waals surface area contributed by atoms with Crippen LogP contribution in [0.5, 0.6) is 0 Å². The third-order valence-electron chi connectivity index (χ3n) is 2.94. The molecule has 0 radical (unpaired) electrons. The van der Waals surface area contributed by atoms with Crippen LogP contribution in [0.2, 0.25) is 5.02 Å². The summed E-state index contributed by atoms with van der Waals surface area (Å²) in [6, 6.07) is 7.13. The van der Waals surface area contributed by atoms with Crippen LogP contribution in [-0.2, 0) is 11.3 Å². The van der Waals surface area contributed by atoms with Gasteiger partial charge >= 0.3 is 12.0 Å². The van der Waals surface area contributed by atoms with E-state index in [0.717, 1.165) is 5.56 Å². The SMILES string of the molecule is CCN(CCC(=O)O)C(=O)N(C)Cc1ccccc1Cl. The molecule has 1 N–H and O–H groups in total. The number of urea groups is 1. The van der Waals surface area contributed by atoms with Gasteiger partial charge in [0.2, 0.25) is 0 Å². The number of rotatable bonds is 6. The molecule has 0 spiro atoms. The number of hydrogen-bond donors (Lipinski definition) is 1. The van der Waals surface area contributed by atoms with Gasteiger partial charge in [-0.15, -0.1) is 0 Å². The number of carboxylic acid groups (broad SMARTS) is 1. The molecule has 5 nitrogen and oxygen atoms in total. The average molecular weight is 299 g/mol.